The predicted octanol–water partition coefficient (Wildman–Crippen LogP) is 2.38. The van der Waals surface area contributed by atoms with E-state index in [9.17, 15) is 9.59 Å². The van der Waals surface area contributed by atoms with Gasteiger partial charge >= 0.3 is 11.9 Å². The second kappa shape index (κ2) is 7.48. The zero-order valence-corrected chi connectivity index (χ0v) is 11.9. The molecule has 1 N–H and O–H groups in total. The number of aliphatic carboxylic acids is 1. The van der Waals surface area contributed by atoms with Gasteiger partial charge in [-0.1, -0.05) is 13.3 Å². The molecule has 1 heterocycles. The van der Waals surface area contributed by atoms with Crippen LogP contribution < -0.4 is 0 Å². The summed E-state index contributed by atoms with van der Waals surface area (Å²) in [5, 5.41) is 8.96. The van der Waals surface area contributed by atoms with E-state index in [4.69, 9.17) is 14.6 Å². The molecule has 1 saturated heterocycles. The van der Waals surface area contributed by atoms with Gasteiger partial charge in [-0.05, 0) is 26.2 Å². The van der Waals surface area contributed by atoms with Crippen LogP contribution in [0.1, 0.15) is 52.9 Å². The lowest BCUT2D eigenvalue weighted by atomic mass is 10.0. The molecule has 0 aliphatic carbocycles. The van der Waals surface area contributed by atoms with Gasteiger partial charge in [0.05, 0.1) is 18.1 Å². The van der Waals surface area contributed by atoms with Gasteiger partial charge in [0.25, 0.3) is 0 Å². The molecule has 1 fully saturated rings. The van der Waals surface area contributed by atoms with E-state index in [1.807, 2.05) is 6.92 Å². The number of carboxylic acid groups (broad SMARTS) is 1. The van der Waals surface area contributed by atoms with Crippen molar-refractivity contribution in [1.29, 1.82) is 0 Å². The van der Waals surface area contributed by atoms with E-state index in [1.165, 1.54) is 6.92 Å². The van der Waals surface area contributed by atoms with Crippen LogP contribution in [0.25, 0.3) is 0 Å². The summed E-state index contributed by atoms with van der Waals surface area (Å²) in [6.07, 6.45) is 3.69. The van der Waals surface area contributed by atoms with Crippen molar-refractivity contribution in [2.45, 2.75) is 71.2 Å². The maximum atomic E-state index is 11.0. The monoisotopic (exact) mass is 272 g/mol. The molecule has 0 radical (unpaired) electrons. The Hall–Kier alpha value is -1.10. The van der Waals surface area contributed by atoms with Gasteiger partial charge in [0, 0.05) is 13.3 Å². The third kappa shape index (κ3) is 5.19. The summed E-state index contributed by atoms with van der Waals surface area (Å²) >= 11 is 0. The van der Waals surface area contributed by atoms with Crippen LogP contribution >= 0.6 is 0 Å². The maximum Gasteiger partial charge on any atom is 0.308 e. The Balaban J connectivity index is 2.44. The predicted molar refractivity (Wildman–Crippen MR) is 69.8 cm³/mol. The van der Waals surface area contributed by atoms with Gasteiger partial charge in [0.2, 0.25) is 0 Å². The lowest BCUT2D eigenvalue weighted by molar-refractivity contribution is -0.149. The molecule has 1 aliphatic heterocycles. The second-order valence-electron chi connectivity index (χ2n) is 5.26. The average molecular weight is 272 g/mol. The minimum absolute atomic E-state index is 0.00250. The van der Waals surface area contributed by atoms with Crippen LogP contribution in [0.4, 0.5) is 0 Å². The lowest BCUT2D eigenvalue weighted by Gasteiger charge is -2.21. The fraction of sp³-hybridized carbons (Fsp3) is 0.857. The molecule has 1 rings (SSSR count). The van der Waals surface area contributed by atoms with Gasteiger partial charge < -0.3 is 14.6 Å². The van der Waals surface area contributed by atoms with Gasteiger partial charge in [0.1, 0.15) is 6.10 Å². The quantitative estimate of drug-likeness (QED) is 0.720. The summed E-state index contributed by atoms with van der Waals surface area (Å²) in [6.45, 7) is 5.12. The van der Waals surface area contributed by atoms with E-state index < -0.39 is 11.9 Å². The summed E-state index contributed by atoms with van der Waals surface area (Å²) in [7, 11) is 0. The smallest absolute Gasteiger partial charge is 0.308 e. The first-order valence-corrected chi connectivity index (χ1v) is 6.99. The number of carboxylic acids is 1. The number of carbonyl (C=O) groups excluding carboxylic acids is 1. The molecule has 0 aromatic carbocycles. The molecule has 0 saturated carbocycles. The highest BCUT2D eigenvalue weighted by molar-refractivity contribution is 5.70. The van der Waals surface area contributed by atoms with Crippen molar-refractivity contribution >= 4 is 11.9 Å². The van der Waals surface area contributed by atoms with Crippen molar-refractivity contribution in [3.05, 3.63) is 0 Å². The standard InChI is InChI=1S/C14H24O5/c1-4-5-11(18-10(3)15)8-12-6-7-13(19-12)9(2)14(16)17/h9,11-13H,4-8H2,1-3H3,(H,16,17)/t9-,11-,12-,13+/m0/s1. The summed E-state index contributed by atoms with van der Waals surface area (Å²) in [6, 6.07) is 0. The fourth-order valence-electron chi connectivity index (χ4n) is 2.51. The largest absolute Gasteiger partial charge is 0.481 e. The number of esters is 1. The van der Waals surface area contributed by atoms with Crippen LogP contribution in [0.5, 0.6) is 0 Å². The Morgan fingerprint density at radius 2 is 2.11 bits per heavy atom. The highest BCUT2D eigenvalue weighted by atomic mass is 16.5. The number of rotatable bonds is 7. The topological polar surface area (TPSA) is 72.8 Å². The maximum absolute atomic E-state index is 11.0. The van der Waals surface area contributed by atoms with Crippen molar-refractivity contribution in [2.75, 3.05) is 0 Å². The molecule has 0 aromatic heterocycles. The van der Waals surface area contributed by atoms with Crippen molar-refractivity contribution in [3.63, 3.8) is 0 Å². The molecule has 110 valence electrons. The van der Waals surface area contributed by atoms with Crippen LogP contribution in [-0.2, 0) is 19.1 Å². The number of hydrogen-bond acceptors (Lipinski definition) is 4. The molecule has 0 spiro atoms. The van der Waals surface area contributed by atoms with Gasteiger partial charge in [-0.3, -0.25) is 9.59 Å². The molecule has 0 unspecified atom stereocenters. The molecule has 1 aliphatic rings. The first-order chi connectivity index (χ1) is 8.93. The van der Waals surface area contributed by atoms with E-state index >= 15 is 0 Å². The average Bonchev–Trinajstić information content (AvgIpc) is 2.75. The summed E-state index contributed by atoms with van der Waals surface area (Å²) in [5.41, 5.74) is 0. The lowest BCUT2D eigenvalue weighted by Crippen LogP contribution is -2.27. The zero-order chi connectivity index (χ0) is 14.4. The Labute approximate surface area is 114 Å². The van der Waals surface area contributed by atoms with Gasteiger partial charge in [-0.15, -0.1) is 0 Å². The minimum Gasteiger partial charge on any atom is -0.481 e. The minimum atomic E-state index is -0.823. The Morgan fingerprint density at radius 3 is 2.63 bits per heavy atom. The van der Waals surface area contributed by atoms with Crippen molar-refractivity contribution in [3.8, 4) is 0 Å². The van der Waals surface area contributed by atoms with E-state index in [2.05, 4.69) is 0 Å². The Kier molecular flexibility index (Phi) is 6.28. The van der Waals surface area contributed by atoms with Crippen LogP contribution in [0.3, 0.4) is 0 Å². The third-order valence-corrected chi connectivity index (χ3v) is 3.56. The SMILES string of the molecule is CCC[C@@H](C[C@@H]1CC[C@H]([C@H](C)C(=O)O)O1)OC(C)=O. The first kappa shape index (κ1) is 16.0. The summed E-state index contributed by atoms with van der Waals surface area (Å²) < 4.78 is 11.0. The summed E-state index contributed by atoms with van der Waals surface area (Å²) in [4.78, 5) is 21.9. The van der Waals surface area contributed by atoms with Crippen LogP contribution in [0.15, 0.2) is 0 Å². The summed E-state index contributed by atoms with van der Waals surface area (Å²) in [5.74, 6) is -1.58. The fourth-order valence-corrected chi connectivity index (χ4v) is 2.51. The molecule has 4 atom stereocenters. The molecule has 0 amide bonds. The normalized spacial score (nSPS) is 25.8. The van der Waals surface area contributed by atoms with E-state index in [1.54, 1.807) is 6.92 Å². The van der Waals surface area contributed by atoms with Gasteiger partial charge in [-0.2, -0.15) is 0 Å². The number of hydrogen-bond donors (Lipinski definition) is 1. The number of carbonyl (C=O) groups is 2. The highest BCUT2D eigenvalue weighted by Gasteiger charge is 2.34. The van der Waals surface area contributed by atoms with Crippen LogP contribution in [0, 0.1) is 5.92 Å². The van der Waals surface area contributed by atoms with E-state index in [0.29, 0.717) is 6.42 Å². The molecule has 0 aromatic rings. The van der Waals surface area contributed by atoms with Crippen molar-refractivity contribution in [1.82, 2.24) is 0 Å². The molecule has 19 heavy (non-hydrogen) atoms. The Bertz CT molecular complexity index is 315. The number of ether oxygens (including phenoxy) is 2. The van der Waals surface area contributed by atoms with E-state index in [-0.39, 0.29) is 24.3 Å². The van der Waals surface area contributed by atoms with Crippen LogP contribution in [0.2, 0.25) is 0 Å². The second-order valence-corrected chi connectivity index (χ2v) is 5.26. The van der Waals surface area contributed by atoms with Gasteiger partial charge in [0.15, 0.2) is 0 Å². The molecule has 0 bridgehead atoms. The van der Waals surface area contributed by atoms with Crippen molar-refractivity contribution < 1.29 is 24.2 Å². The van der Waals surface area contributed by atoms with Gasteiger partial charge in [-0.25, -0.2) is 0 Å². The first-order valence-electron chi connectivity index (χ1n) is 6.99. The molecule has 5 heteroatoms. The molecular formula is C14H24O5. The zero-order valence-electron chi connectivity index (χ0n) is 11.9. The molecule has 5 nitrogen and oxygen atoms in total. The van der Waals surface area contributed by atoms with Crippen molar-refractivity contribution in [2.24, 2.45) is 5.92 Å². The third-order valence-electron chi connectivity index (χ3n) is 3.56. The van der Waals surface area contributed by atoms with E-state index in [0.717, 1.165) is 25.7 Å². The molecular weight excluding hydrogens is 248 g/mol. The Morgan fingerprint density at radius 1 is 1.42 bits per heavy atom. The highest BCUT2D eigenvalue weighted by Crippen LogP contribution is 2.29. The van der Waals surface area contributed by atoms with Crippen LogP contribution in [-0.4, -0.2) is 35.4 Å².